The molecule has 0 bridgehead atoms. The summed E-state index contributed by atoms with van der Waals surface area (Å²) in [5.74, 6) is 2.70. The predicted octanol–water partition coefficient (Wildman–Crippen LogP) is 2.95. The minimum Gasteiger partial charge on any atom is -0.370 e. The molecule has 0 aliphatic carbocycles. The summed E-state index contributed by atoms with van der Waals surface area (Å²) < 4.78 is 0. The van der Waals surface area contributed by atoms with Crippen LogP contribution in [0.3, 0.4) is 0 Å². The van der Waals surface area contributed by atoms with Crippen LogP contribution in [0, 0.1) is 0 Å². The first kappa shape index (κ1) is 14.7. The Hall–Kier alpha value is -1.69. The van der Waals surface area contributed by atoms with Gasteiger partial charge < -0.3 is 10.2 Å². The van der Waals surface area contributed by atoms with Crippen molar-refractivity contribution >= 4 is 23.0 Å². The molecule has 5 nitrogen and oxygen atoms in total. The minimum atomic E-state index is 0.761. The molecule has 0 spiro atoms. The van der Waals surface area contributed by atoms with Gasteiger partial charge in [-0.15, -0.1) is 11.3 Å². The topological polar surface area (TPSA) is 53.9 Å². The molecule has 2 rings (SSSR count). The average molecular weight is 291 g/mol. The van der Waals surface area contributed by atoms with Crippen LogP contribution in [0.15, 0.2) is 17.0 Å². The van der Waals surface area contributed by atoms with Crippen molar-refractivity contribution in [3.8, 4) is 0 Å². The van der Waals surface area contributed by atoms with Gasteiger partial charge in [0.25, 0.3) is 0 Å². The van der Waals surface area contributed by atoms with E-state index in [0.717, 1.165) is 49.1 Å². The van der Waals surface area contributed by atoms with Crippen molar-refractivity contribution in [2.45, 2.75) is 33.2 Å². The molecule has 0 atom stereocenters. The first-order chi connectivity index (χ1) is 9.72. The molecule has 0 amide bonds. The van der Waals surface area contributed by atoms with Crippen LogP contribution in [0.2, 0.25) is 0 Å². The van der Waals surface area contributed by atoms with Crippen LogP contribution in [0.1, 0.15) is 31.8 Å². The zero-order chi connectivity index (χ0) is 14.4. The fourth-order valence-corrected chi connectivity index (χ4v) is 2.37. The Balaban J connectivity index is 2.16. The van der Waals surface area contributed by atoms with Crippen LogP contribution < -0.4 is 10.2 Å². The van der Waals surface area contributed by atoms with Crippen molar-refractivity contribution < 1.29 is 0 Å². The first-order valence-corrected chi connectivity index (χ1v) is 7.87. The van der Waals surface area contributed by atoms with E-state index in [1.807, 2.05) is 18.6 Å². The maximum atomic E-state index is 4.59. The van der Waals surface area contributed by atoms with Crippen molar-refractivity contribution in [2.24, 2.45) is 0 Å². The standard InChI is InChI=1S/C14H21N5S/c1-4-6-15-13-7-14(18-12(5-2)17-13)19(3)8-11-9-20-10-16-11/h7,9-10H,4-6,8H2,1-3H3,(H,15,17,18). The molecule has 0 saturated heterocycles. The van der Waals surface area contributed by atoms with Crippen LogP contribution in [0.25, 0.3) is 0 Å². The Morgan fingerprint density at radius 1 is 1.30 bits per heavy atom. The average Bonchev–Trinajstić information content (AvgIpc) is 2.97. The van der Waals surface area contributed by atoms with Crippen LogP contribution >= 0.6 is 11.3 Å². The molecule has 2 aromatic heterocycles. The van der Waals surface area contributed by atoms with Crippen LogP contribution in [-0.2, 0) is 13.0 Å². The Morgan fingerprint density at radius 2 is 2.15 bits per heavy atom. The molecule has 0 fully saturated rings. The van der Waals surface area contributed by atoms with Gasteiger partial charge >= 0.3 is 0 Å². The number of aryl methyl sites for hydroxylation is 1. The van der Waals surface area contributed by atoms with E-state index in [-0.39, 0.29) is 0 Å². The number of anilines is 2. The van der Waals surface area contributed by atoms with E-state index in [9.17, 15) is 0 Å². The molecule has 1 N–H and O–H groups in total. The van der Waals surface area contributed by atoms with E-state index in [1.54, 1.807) is 11.3 Å². The number of thiazole rings is 1. The Kier molecular flexibility index (Phi) is 5.29. The number of nitrogens with one attached hydrogen (secondary N) is 1. The molecule has 2 aromatic rings. The zero-order valence-corrected chi connectivity index (χ0v) is 13.1. The lowest BCUT2D eigenvalue weighted by atomic mass is 10.3. The SMILES string of the molecule is CCCNc1cc(N(C)Cc2cscn2)nc(CC)n1. The lowest BCUT2D eigenvalue weighted by molar-refractivity contribution is 0.842. The maximum absolute atomic E-state index is 4.59. The molecular weight excluding hydrogens is 270 g/mol. The fraction of sp³-hybridized carbons (Fsp3) is 0.500. The van der Waals surface area contributed by atoms with Gasteiger partial charge in [-0.3, -0.25) is 0 Å². The third-order valence-corrected chi connectivity index (χ3v) is 3.54. The van der Waals surface area contributed by atoms with Crippen molar-refractivity contribution in [1.82, 2.24) is 15.0 Å². The molecule has 2 heterocycles. The van der Waals surface area contributed by atoms with E-state index in [1.165, 1.54) is 0 Å². The van der Waals surface area contributed by atoms with Gasteiger partial charge in [0.15, 0.2) is 0 Å². The number of nitrogens with zero attached hydrogens (tertiary/aromatic N) is 4. The van der Waals surface area contributed by atoms with E-state index in [0.29, 0.717) is 0 Å². The summed E-state index contributed by atoms with van der Waals surface area (Å²) in [6, 6.07) is 2.00. The van der Waals surface area contributed by atoms with Gasteiger partial charge in [0, 0.05) is 31.5 Å². The molecular formula is C14H21N5S. The molecule has 0 saturated carbocycles. The summed E-state index contributed by atoms with van der Waals surface area (Å²) in [4.78, 5) is 15.5. The third-order valence-electron chi connectivity index (χ3n) is 2.91. The molecule has 6 heteroatoms. The van der Waals surface area contributed by atoms with Gasteiger partial charge in [0.1, 0.15) is 17.5 Å². The van der Waals surface area contributed by atoms with Gasteiger partial charge in [0.05, 0.1) is 17.7 Å². The lowest BCUT2D eigenvalue weighted by Crippen LogP contribution is -2.19. The fourth-order valence-electron chi connectivity index (χ4n) is 1.82. The monoisotopic (exact) mass is 291 g/mol. The van der Waals surface area contributed by atoms with Crippen molar-refractivity contribution in [3.63, 3.8) is 0 Å². The predicted molar refractivity (Wildman–Crippen MR) is 84.4 cm³/mol. The summed E-state index contributed by atoms with van der Waals surface area (Å²) in [7, 11) is 2.03. The quantitative estimate of drug-likeness (QED) is 0.850. The summed E-state index contributed by atoms with van der Waals surface area (Å²) in [5, 5.41) is 5.40. The molecule has 0 aliphatic rings. The smallest absolute Gasteiger partial charge is 0.134 e. The maximum Gasteiger partial charge on any atom is 0.134 e. The van der Waals surface area contributed by atoms with Gasteiger partial charge in [-0.1, -0.05) is 13.8 Å². The van der Waals surface area contributed by atoms with Crippen molar-refractivity contribution in [2.75, 3.05) is 23.8 Å². The van der Waals surface area contributed by atoms with Crippen LogP contribution in [-0.4, -0.2) is 28.5 Å². The van der Waals surface area contributed by atoms with Crippen LogP contribution in [0.4, 0.5) is 11.6 Å². The molecule has 108 valence electrons. The largest absolute Gasteiger partial charge is 0.370 e. The highest BCUT2D eigenvalue weighted by Gasteiger charge is 2.09. The van der Waals surface area contributed by atoms with E-state index in [4.69, 9.17) is 0 Å². The van der Waals surface area contributed by atoms with Crippen molar-refractivity contribution in [3.05, 3.63) is 28.5 Å². The zero-order valence-electron chi connectivity index (χ0n) is 12.3. The Labute approximate surface area is 124 Å². The molecule has 0 radical (unpaired) electrons. The van der Waals surface area contributed by atoms with Gasteiger partial charge in [0.2, 0.25) is 0 Å². The third kappa shape index (κ3) is 3.90. The number of aromatic nitrogens is 3. The highest BCUT2D eigenvalue weighted by Crippen LogP contribution is 2.17. The summed E-state index contributed by atoms with van der Waals surface area (Å²) in [6.45, 7) is 5.90. The molecule has 0 aromatic carbocycles. The second-order valence-corrected chi connectivity index (χ2v) is 5.36. The summed E-state index contributed by atoms with van der Waals surface area (Å²) >= 11 is 1.62. The second kappa shape index (κ2) is 7.19. The highest BCUT2D eigenvalue weighted by atomic mass is 32.1. The summed E-state index contributed by atoms with van der Waals surface area (Å²) in [5.41, 5.74) is 2.92. The number of rotatable bonds is 7. The van der Waals surface area contributed by atoms with Crippen molar-refractivity contribution in [1.29, 1.82) is 0 Å². The van der Waals surface area contributed by atoms with Gasteiger partial charge in [-0.05, 0) is 6.42 Å². The van der Waals surface area contributed by atoms with Gasteiger partial charge in [-0.2, -0.15) is 0 Å². The van der Waals surface area contributed by atoms with E-state index >= 15 is 0 Å². The van der Waals surface area contributed by atoms with E-state index in [2.05, 4.69) is 44.4 Å². The second-order valence-electron chi connectivity index (χ2n) is 4.64. The number of hydrogen-bond donors (Lipinski definition) is 1. The van der Waals surface area contributed by atoms with Gasteiger partial charge in [-0.25, -0.2) is 15.0 Å². The van der Waals surface area contributed by atoms with Crippen LogP contribution in [0.5, 0.6) is 0 Å². The lowest BCUT2D eigenvalue weighted by Gasteiger charge is -2.18. The number of hydrogen-bond acceptors (Lipinski definition) is 6. The minimum absolute atomic E-state index is 0.761. The summed E-state index contributed by atoms with van der Waals surface area (Å²) in [6.07, 6.45) is 1.91. The normalized spacial score (nSPS) is 10.6. The highest BCUT2D eigenvalue weighted by molar-refractivity contribution is 7.07. The first-order valence-electron chi connectivity index (χ1n) is 6.93. The Morgan fingerprint density at radius 3 is 2.80 bits per heavy atom. The molecule has 0 unspecified atom stereocenters. The van der Waals surface area contributed by atoms with E-state index < -0.39 is 0 Å². The molecule has 0 aliphatic heterocycles. The molecule has 20 heavy (non-hydrogen) atoms. The Bertz CT molecular complexity index is 526.